The number of benzene rings is 2. The summed E-state index contributed by atoms with van der Waals surface area (Å²) in [5, 5.41) is 2.99. The first kappa shape index (κ1) is 12.8. The molecule has 0 aliphatic heterocycles. The van der Waals surface area contributed by atoms with E-state index in [0.29, 0.717) is 0 Å². The molecular formula is C18H14OS. The van der Waals surface area contributed by atoms with Gasteiger partial charge >= 0.3 is 0 Å². The Bertz CT molecular complexity index is 794. The van der Waals surface area contributed by atoms with Crippen LogP contribution in [0.2, 0.25) is 0 Å². The van der Waals surface area contributed by atoms with Crippen LogP contribution in [0.4, 0.5) is 0 Å². The highest BCUT2D eigenvalue weighted by Crippen LogP contribution is 2.28. The summed E-state index contributed by atoms with van der Waals surface area (Å²) in [6.45, 7) is 5.79. The van der Waals surface area contributed by atoms with Gasteiger partial charge in [-0.25, -0.2) is 0 Å². The molecule has 2 aromatic carbocycles. The molecule has 1 aromatic heterocycles. The molecule has 0 atom stereocenters. The summed E-state index contributed by atoms with van der Waals surface area (Å²) >= 11 is 1.62. The van der Waals surface area contributed by atoms with Crippen LogP contribution in [0.15, 0.2) is 54.4 Å². The van der Waals surface area contributed by atoms with Crippen LogP contribution in [0.3, 0.4) is 0 Å². The maximum absolute atomic E-state index is 12.6. The van der Waals surface area contributed by atoms with E-state index in [1.165, 1.54) is 5.56 Å². The standard InChI is InChI=1S/C18H14OS/c1-3-13-5-7-14(8-6-13)18(19)16-11-20-17-10-12(2)4-9-15(16)17/h3-11H,1H2,2H3. The number of carbonyl (C=O) groups is 1. The lowest BCUT2D eigenvalue weighted by Gasteiger charge is -2.01. The van der Waals surface area contributed by atoms with E-state index in [2.05, 4.69) is 19.6 Å². The van der Waals surface area contributed by atoms with Crippen molar-refractivity contribution in [1.82, 2.24) is 0 Å². The van der Waals surface area contributed by atoms with Gasteiger partial charge in [0.2, 0.25) is 0 Å². The number of thiophene rings is 1. The number of hydrogen-bond donors (Lipinski definition) is 0. The minimum atomic E-state index is 0.0794. The predicted octanol–water partition coefficient (Wildman–Crippen LogP) is 5.08. The van der Waals surface area contributed by atoms with Crippen molar-refractivity contribution >= 4 is 33.3 Å². The van der Waals surface area contributed by atoms with Crippen molar-refractivity contribution in [1.29, 1.82) is 0 Å². The third-order valence-corrected chi connectivity index (χ3v) is 4.33. The minimum Gasteiger partial charge on any atom is -0.289 e. The summed E-state index contributed by atoms with van der Waals surface area (Å²) in [6.07, 6.45) is 1.77. The molecule has 0 amide bonds. The summed E-state index contributed by atoms with van der Waals surface area (Å²) < 4.78 is 1.16. The van der Waals surface area contributed by atoms with Crippen LogP contribution < -0.4 is 0 Å². The van der Waals surface area contributed by atoms with Crippen molar-refractivity contribution in [3.63, 3.8) is 0 Å². The van der Waals surface area contributed by atoms with Crippen LogP contribution in [0.5, 0.6) is 0 Å². The third-order valence-electron chi connectivity index (χ3n) is 3.38. The number of hydrogen-bond acceptors (Lipinski definition) is 2. The molecule has 0 aliphatic rings. The topological polar surface area (TPSA) is 17.1 Å². The second-order valence-electron chi connectivity index (χ2n) is 4.80. The Morgan fingerprint density at radius 3 is 2.60 bits per heavy atom. The number of fused-ring (bicyclic) bond motifs is 1. The van der Waals surface area contributed by atoms with E-state index in [4.69, 9.17) is 0 Å². The SMILES string of the molecule is C=Cc1ccc(C(=O)c2csc3cc(C)ccc23)cc1. The zero-order valence-electron chi connectivity index (χ0n) is 11.2. The maximum atomic E-state index is 12.6. The second kappa shape index (κ2) is 5.06. The van der Waals surface area contributed by atoms with Gasteiger partial charge in [0.15, 0.2) is 5.78 Å². The molecule has 0 aliphatic carbocycles. The predicted molar refractivity (Wildman–Crippen MR) is 86.5 cm³/mol. The van der Waals surface area contributed by atoms with Gasteiger partial charge in [-0.1, -0.05) is 49.1 Å². The Kier molecular flexibility index (Phi) is 3.25. The van der Waals surface area contributed by atoms with Gasteiger partial charge < -0.3 is 0 Å². The number of ketones is 1. The highest BCUT2D eigenvalue weighted by atomic mass is 32.1. The van der Waals surface area contributed by atoms with Crippen molar-refractivity contribution in [2.45, 2.75) is 6.92 Å². The van der Waals surface area contributed by atoms with Crippen molar-refractivity contribution in [2.75, 3.05) is 0 Å². The fraction of sp³-hybridized carbons (Fsp3) is 0.0556. The molecule has 3 rings (SSSR count). The summed E-state index contributed by atoms with van der Waals surface area (Å²) in [7, 11) is 0. The molecule has 0 saturated heterocycles. The molecule has 0 N–H and O–H groups in total. The van der Waals surface area contributed by atoms with Crippen LogP contribution in [0.25, 0.3) is 16.2 Å². The summed E-state index contributed by atoms with van der Waals surface area (Å²) in [4.78, 5) is 12.6. The molecule has 0 saturated carbocycles. The van der Waals surface area contributed by atoms with E-state index < -0.39 is 0 Å². The van der Waals surface area contributed by atoms with Gasteiger partial charge in [0.1, 0.15) is 0 Å². The number of rotatable bonds is 3. The lowest BCUT2D eigenvalue weighted by molar-refractivity contribution is 0.104. The number of carbonyl (C=O) groups excluding carboxylic acids is 1. The Hall–Kier alpha value is -2.19. The van der Waals surface area contributed by atoms with Gasteiger partial charge in [-0.15, -0.1) is 11.3 Å². The van der Waals surface area contributed by atoms with Gasteiger partial charge in [-0.05, 0) is 24.1 Å². The normalized spacial score (nSPS) is 10.7. The molecule has 0 bridgehead atoms. The highest BCUT2D eigenvalue weighted by Gasteiger charge is 2.14. The van der Waals surface area contributed by atoms with Gasteiger partial charge in [0.05, 0.1) is 0 Å². The van der Waals surface area contributed by atoms with E-state index >= 15 is 0 Å². The molecule has 1 nitrogen and oxygen atoms in total. The highest BCUT2D eigenvalue weighted by molar-refractivity contribution is 7.17. The van der Waals surface area contributed by atoms with Crippen molar-refractivity contribution in [3.8, 4) is 0 Å². The zero-order chi connectivity index (χ0) is 14.1. The molecular weight excluding hydrogens is 264 g/mol. The molecule has 98 valence electrons. The smallest absolute Gasteiger partial charge is 0.194 e. The summed E-state index contributed by atoms with van der Waals surface area (Å²) in [6, 6.07) is 13.8. The second-order valence-corrected chi connectivity index (χ2v) is 5.72. The lowest BCUT2D eigenvalue weighted by atomic mass is 10.0. The summed E-state index contributed by atoms with van der Waals surface area (Å²) in [5.41, 5.74) is 3.74. The van der Waals surface area contributed by atoms with Gasteiger partial charge in [-0.2, -0.15) is 0 Å². The quantitative estimate of drug-likeness (QED) is 0.610. The average molecular weight is 278 g/mol. The third kappa shape index (κ3) is 2.19. The molecule has 3 aromatic rings. The molecule has 1 heterocycles. The fourth-order valence-corrected chi connectivity index (χ4v) is 3.28. The maximum Gasteiger partial charge on any atom is 0.194 e. The largest absolute Gasteiger partial charge is 0.289 e. The Morgan fingerprint density at radius 1 is 1.15 bits per heavy atom. The number of aryl methyl sites for hydroxylation is 1. The average Bonchev–Trinajstić information content (AvgIpc) is 2.89. The van der Waals surface area contributed by atoms with E-state index in [9.17, 15) is 4.79 Å². The molecule has 2 heteroatoms. The van der Waals surface area contributed by atoms with E-state index in [1.807, 2.05) is 41.8 Å². The minimum absolute atomic E-state index is 0.0794. The van der Waals surface area contributed by atoms with Crippen LogP contribution >= 0.6 is 11.3 Å². The summed E-state index contributed by atoms with van der Waals surface area (Å²) in [5.74, 6) is 0.0794. The molecule has 0 unspecified atom stereocenters. The van der Waals surface area contributed by atoms with Crippen LogP contribution in [-0.4, -0.2) is 5.78 Å². The van der Waals surface area contributed by atoms with Crippen LogP contribution in [0, 0.1) is 6.92 Å². The fourth-order valence-electron chi connectivity index (χ4n) is 2.24. The van der Waals surface area contributed by atoms with Crippen molar-refractivity contribution < 1.29 is 4.79 Å². The van der Waals surface area contributed by atoms with Gasteiger partial charge in [0.25, 0.3) is 0 Å². The lowest BCUT2D eigenvalue weighted by Crippen LogP contribution is -1.99. The Balaban J connectivity index is 2.05. The molecule has 20 heavy (non-hydrogen) atoms. The van der Waals surface area contributed by atoms with Gasteiger partial charge in [-0.3, -0.25) is 4.79 Å². The molecule has 0 radical (unpaired) electrons. The van der Waals surface area contributed by atoms with E-state index in [-0.39, 0.29) is 5.78 Å². The molecule has 0 fully saturated rings. The van der Waals surface area contributed by atoms with E-state index in [1.54, 1.807) is 17.4 Å². The first-order chi connectivity index (χ1) is 9.69. The zero-order valence-corrected chi connectivity index (χ0v) is 12.0. The molecule has 0 spiro atoms. The van der Waals surface area contributed by atoms with E-state index in [0.717, 1.165) is 26.8 Å². The van der Waals surface area contributed by atoms with Crippen LogP contribution in [-0.2, 0) is 0 Å². The first-order valence-corrected chi connectivity index (χ1v) is 7.32. The Labute approximate surface area is 122 Å². The van der Waals surface area contributed by atoms with Gasteiger partial charge in [0, 0.05) is 26.6 Å². The van der Waals surface area contributed by atoms with Crippen molar-refractivity contribution in [2.24, 2.45) is 0 Å². The monoisotopic (exact) mass is 278 g/mol. The van der Waals surface area contributed by atoms with Crippen LogP contribution in [0.1, 0.15) is 27.0 Å². The Morgan fingerprint density at radius 2 is 1.90 bits per heavy atom. The first-order valence-electron chi connectivity index (χ1n) is 6.44. The van der Waals surface area contributed by atoms with Crippen molar-refractivity contribution in [3.05, 3.63) is 76.7 Å².